The molecule has 2 heterocycles. The molecule has 0 saturated carbocycles. The monoisotopic (exact) mass is 332 g/mol. The Bertz CT molecular complexity index is 747. The molecule has 0 bridgehead atoms. The van der Waals surface area contributed by atoms with Gasteiger partial charge in [0.25, 0.3) is 0 Å². The van der Waals surface area contributed by atoms with Crippen LogP contribution in [-0.4, -0.2) is 30.0 Å². The number of nitrogens with zero attached hydrogens (tertiary/aromatic N) is 2. The third-order valence-electron chi connectivity index (χ3n) is 4.25. The van der Waals surface area contributed by atoms with Gasteiger partial charge in [0.15, 0.2) is 0 Å². The molecular formula is C17H21ClN4O. The summed E-state index contributed by atoms with van der Waals surface area (Å²) in [5, 5.41) is 4.59. The van der Waals surface area contributed by atoms with Gasteiger partial charge >= 0.3 is 0 Å². The number of amides is 1. The molecule has 1 aromatic heterocycles. The number of halogens is 1. The van der Waals surface area contributed by atoms with Crippen molar-refractivity contribution >= 4 is 34.1 Å². The standard InChI is InChI=1S/C17H21ClN4O/c1-10(19)14-8-15(18)13-4-3-6-20-16(13)17(14)22-7-5-12(9-22)21-11(2)23/h3-4,6,8,10,12H,5,7,9,19H2,1-2H3,(H,21,23)/t10?,12-/m0/s1. The Morgan fingerprint density at radius 1 is 1.57 bits per heavy atom. The van der Waals surface area contributed by atoms with Gasteiger partial charge in [-0.15, -0.1) is 0 Å². The smallest absolute Gasteiger partial charge is 0.217 e. The van der Waals surface area contributed by atoms with Crippen LogP contribution < -0.4 is 16.0 Å². The van der Waals surface area contributed by atoms with Crippen LogP contribution in [0, 0.1) is 0 Å². The van der Waals surface area contributed by atoms with Crippen molar-refractivity contribution in [2.45, 2.75) is 32.4 Å². The van der Waals surface area contributed by atoms with E-state index in [1.165, 1.54) is 0 Å². The van der Waals surface area contributed by atoms with Crippen molar-refractivity contribution in [3.05, 3.63) is 35.0 Å². The van der Waals surface area contributed by atoms with E-state index in [1.807, 2.05) is 25.1 Å². The summed E-state index contributed by atoms with van der Waals surface area (Å²) in [6, 6.07) is 5.81. The Balaban J connectivity index is 2.07. The van der Waals surface area contributed by atoms with Crippen molar-refractivity contribution in [2.75, 3.05) is 18.0 Å². The number of anilines is 1. The first-order valence-electron chi connectivity index (χ1n) is 7.82. The van der Waals surface area contributed by atoms with E-state index in [9.17, 15) is 4.79 Å². The van der Waals surface area contributed by atoms with Gasteiger partial charge in [0.05, 0.1) is 16.2 Å². The molecule has 2 atom stereocenters. The van der Waals surface area contributed by atoms with Gasteiger partial charge in [-0.2, -0.15) is 0 Å². The first kappa shape index (κ1) is 16.0. The average molecular weight is 333 g/mol. The van der Waals surface area contributed by atoms with E-state index in [0.717, 1.165) is 41.7 Å². The number of pyridine rings is 1. The SMILES string of the molecule is CC(=O)N[C@H]1CCN(c2c(C(C)N)cc(Cl)c3cccnc23)C1. The van der Waals surface area contributed by atoms with Crippen molar-refractivity contribution < 1.29 is 4.79 Å². The minimum atomic E-state index is -0.145. The zero-order chi connectivity index (χ0) is 16.6. The van der Waals surface area contributed by atoms with E-state index in [4.69, 9.17) is 17.3 Å². The van der Waals surface area contributed by atoms with Gasteiger partial charge in [-0.05, 0) is 37.1 Å². The number of nitrogens with two attached hydrogens (primary N) is 1. The molecule has 1 aromatic carbocycles. The first-order chi connectivity index (χ1) is 11.0. The van der Waals surface area contributed by atoms with Crippen LogP contribution >= 0.6 is 11.6 Å². The molecule has 3 rings (SSSR count). The Hall–Kier alpha value is -1.85. The minimum Gasteiger partial charge on any atom is -0.367 e. The molecule has 122 valence electrons. The van der Waals surface area contributed by atoms with Crippen molar-refractivity contribution in [3.63, 3.8) is 0 Å². The van der Waals surface area contributed by atoms with Crippen LogP contribution in [0.1, 0.15) is 31.9 Å². The maximum Gasteiger partial charge on any atom is 0.217 e. The number of carbonyl (C=O) groups is 1. The quantitative estimate of drug-likeness (QED) is 0.906. The molecule has 0 radical (unpaired) electrons. The molecule has 2 aromatic rings. The van der Waals surface area contributed by atoms with Crippen LogP contribution in [0.4, 0.5) is 5.69 Å². The van der Waals surface area contributed by atoms with E-state index >= 15 is 0 Å². The summed E-state index contributed by atoms with van der Waals surface area (Å²) >= 11 is 6.41. The molecule has 1 aliphatic rings. The molecule has 5 nitrogen and oxygen atoms in total. The molecular weight excluding hydrogens is 312 g/mol. The van der Waals surface area contributed by atoms with Crippen molar-refractivity contribution in [3.8, 4) is 0 Å². The fourth-order valence-electron chi connectivity index (χ4n) is 3.25. The highest BCUT2D eigenvalue weighted by molar-refractivity contribution is 6.36. The maximum atomic E-state index is 11.3. The topological polar surface area (TPSA) is 71.2 Å². The van der Waals surface area contributed by atoms with Crippen LogP contribution in [0.5, 0.6) is 0 Å². The van der Waals surface area contributed by atoms with Crippen LogP contribution in [0.2, 0.25) is 5.02 Å². The second-order valence-corrected chi connectivity index (χ2v) is 6.52. The van der Waals surface area contributed by atoms with Crippen LogP contribution in [0.25, 0.3) is 10.9 Å². The molecule has 23 heavy (non-hydrogen) atoms. The van der Waals surface area contributed by atoms with Crippen molar-refractivity contribution in [2.24, 2.45) is 5.73 Å². The molecule has 1 fully saturated rings. The molecule has 1 amide bonds. The van der Waals surface area contributed by atoms with Gasteiger partial charge in [0.1, 0.15) is 0 Å². The zero-order valence-corrected chi connectivity index (χ0v) is 14.1. The zero-order valence-electron chi connectivity index (χ0n) is 13.3. The Labute approximate surface area is 140 Å². The second-order valence-electron chi connectivity index (χ2n) is 6.12. The van der Waals surface area contributed by atoms with Crippen molar-refractivity contribution in [1.82, 2.24) is 10.3 Å². The fourth-order valence-corrected chi connectivity index (χ4v) is 3.52. The average Bonchev–Trinajstić information content (AvgIpc) is 2.94. The van der Waals surface area contributed by atoms with Crippen LogP contribution in [0.3, 0.4) is 0 Å². The van der Waals surface area contributed by atoms with Gasteiger partial charge in [0.2, 0.25) is 5.91 Å². The summed E-state index contributed by atoms with van der Waals surface area (Å²) in [5.74, 6) is 0.00311. The summed E-state index contributed by atoms with van der Waals surface area (Å²) in [6.45, 7) is 5.12. The van der Waals surface area contributed by atoms with E-state index < -0.39 is 0 Å². The van der Waals surface area contributed by atoms with Crippen LogP contribution in [0.15, 0.2) is 24.4 Å². The summed E-state index contributed by atoms with van der Waals surface area (Å²) < 4.78 is 0. The normalized spacial score (nSPS) is 19.1. The number of rotatable bonds is 3. The van der Waals surface area contributed by atoms with Crippen LogP contribution in [-0.2, 0) is 4.79 Å². The minimum absolute atomic E-state index is 0.00311. The lowest BCUT2D eigenvalue weighted by molar-refractivity contribution is -0.119. The lowest BCUT2D eigenvalue weighted by Crippen LogP contribution is -2.35. The van der Waals surface area contributed by atoms with E-state index in [2.05, 4.69) is 15.2 Å². The second kappa shape index (κ2) is 6.34. The largest absolute Gasteiger partial charge is 0.367 e. The highest BCUT2D eigenvalue weighted by atomic mass is 35.5. The molecule has 1 saturated heterocycles. The van der Waals surface area contributed by atoms with Gasteiger partial charge in [0, 0.05) is 43.7 Å². The lowest BCUT2D eigenvalue weighted by atomic mass is 10.0. The van der Waals surface area contributed by atoms with Gasteiger partial charge in [-0.25, -0.2) is 0 Å². The van der Waals surface area contributed by atoms with Gasteiger partial charge < -0.3 is 16.0 Å². The summed E-state index contributed by atoms with van der Waals surface area (Å²) in [5.41, 5.74) is 9.07. The number of hydrogen-bond acceptors (Lipinski definition) is 4. The predicted molar refractivity (Wildman–Crippen MR) is 93.8 cm³/mol. The molecule has 3 N–H and O–H groups in total. The highest BCUT2D eigenvalue weighted by Gasteiger charge is 2.28. The third kappa shape index (κ3) is 3.12. The maximum absolute atomic E-state index is 11.3. The lowest BCUT2D eigenvalue weighted by Gasteiger charge is -2.25. The van der Waals surface area contributed by atoms with Gasteiger partial charge in [-0.3, -0.25) is 9.78 Å². The number of fused-ring (bicyclic) bond motifs is 1. The molecule has 1 aliphatic heterocycles. The van der Waals surface area contributed by atoms with E-state index in [-0.39, 0.29) is 18.0 Å². The Kier molecular flexibility index (Phi) is 4.41. The molecule has 1 unspecified atom stereocenters. The van der Waals surface area contributed by atoms with E-state index in [0.29, 0.717) is 5.02 Å². The number of benzene rings is 1. The fraction of sp³-hybridized carbons (Fsp3) is 0.412. The molecule has 6 heteroatoms. The van der Waals surface area contributed by atoms with Crippen molar-refractivity contribution in [1.29, 1.82) is 0 Å². The summed E-state index contributed by atoms with van der Waals surface area (Å²) in [4.78, 5) is 18.1. The Morgan fingerprint density at radius 2 is 2.35 bits per heavy atom. The summed E-state index contributed by atoms with van der Waals surface area (Å²) in [6.07, 6.45) is 2.68. The first-order valence-corrected chi connectivity index (χ1v) is 8.20. The highest BCUT2D eigenvalue weighted by Crippen LogP contribution is 2.38. The summed E-state index contributed by atoms with van der Waals surface area (Å²) in [7, 11) is 0. The number of carbonyl (C=O) groups excluding carboxylic acids is 1. The number of hydrogen-bond donors (Lipinski definition) is 2. The Morgan fingerprint density at radius 3 is 3.04 bits per heavy atom. The van der Waals surface area contributed by atoms with E-state index in [1.54, 1.807) is 13.1 Å². The number of nitrogens with one attached hydrogen (secondary N) is 1. The van der Waals surface area contributed by atoms with Gasteiger partial charge in [-0.1, -0.05) is 11.6 Å². The number of aromatic nitrogens is 1. The third-order valence-corrected chi connectivity index (χ3v) is 4.56. The molecule has 0 aliphatic carbocycles. The predicted octanol–water partition coefficient (Wildman–Crippen LogP) is 2.62. The molecule has 0 spiro atoms.